The van der Waals surface area contributed by atoms with Crippen LogP contribution in [0.25, 0.3) is 94.6 Å². The molecular formula is C47H30N4O. The Morgan fingerprint density at radius 2 is 1.00 bits per heavy atom. The molecule has 0 spiro atoms. The molecular weight excluding hydrogens is 637 g/mol. The van der Waals surface area contributed by atoms with Crippen LogP contribution < -0.4 is 0 Å². The summed E-state index contributed by atoms with van der Waals surface area (Å²) in [6.45, 7) is 0. The Morgan fingerprint density at radius 1 is 0.423 bits per heavy atom. The predicted octanol–water partition coefficient (Wildman–Crippen LogP) is 12.0. The van der Waals surface area contributed by atoms with Gasteiger partial charge in [0.05, 0.1) is 27.8 Å². The second-order valence-electron chi connectivity index (χ2n) is 12.9. The van der Waals surface area contributed by atoms with Crippen molar-refractivity contribution in [1.82, 2.24) is 19.5 Å². The van der Waals surface area contributed by atoms with Crippen molar-refractivity contribution in [3.8, 4) is 61.8 Å². The standard InChI is InChI=1S/C47H30N4O/c1-2-6-36(7-3-1)45-30-37-16-19-44-46(47(37)52-45)40-8-4-5-9-43(40)51(44)39-17-14-34(15-18-39)41-28-38(29-42(50-41)35-22-26-49-27-23-35)32-12-10-31(11-13-32)33-20-24-48-25-21-33/h1-30H. The second-order valence-corrected chi connectivity index (χ2v) is 12.9. The molecule has 0 atom stereocenters. The van der Waals surface area contributed by atoms with Gasteiger partial charge >= 0.3 is 0 Å². The van der Waals surface area contributed by atoms with Gasteiger partial charge in [-0.25, -0.2) is 4.98 Å². The smallest absolute Gasteiger partial charge is 0.144 e. The molecule has 5 aromatic heterocycles. The van der Waals surface area contributed by atoms with Crippen LogP contribution in [0.15, 0.2) is 187 Å². The molecule has 0 aliphatic heterocycles. The normalized spacial score (nSPS) is 11.5. The van der Waals surface area contributed by atoms with Crippen molar-refractivity contribution in [2.45, 2.75) is 0 Å². The molecule has 0 N–H and O–H groups in total. The van der Waals surface area contributed by atoms with Crippen molar-refractivity contribution >= 4 is 32.8 Å². The molecule has 244 valence electrons. The number of fused-ring (bicyclic) bond motifs is 5. The molecule has 0 bridgehead atoms. The summed E-state index contributed by atoms with van der Waals surface area (Å²) in [5, 5.41) is 3.37. The van der Waals surface area contributed by atoms with Crippen molar-refractivity contribution in [3.05, 3.63) is 183 Å². The molecule has 0 unspecified atom stereocenters. The Kier molecular flexibility index (Phi) is 7.07. The molecule has 0 aliphatic carbocycles. The molecule has 0 fully saturated rings. The number of benzene rings is 5. The first kappa shape index (κ1) is 29.8. The van der Waals surface area contributed by atoms with Crippen LogP contribution >= 0.6 is 0 Å². The molecule has 5 heteroatoms. The minimum atomic E-state index is 0.870. The first-order valence-electron chi connectivity index (χ1n) is 17.3. The van der Waals surface area contributed by atoms with E-state index in [4.69, 9.17) is 9.40 Å². The van der Waals surface area contributed by atoms with E-state index in [1.54, 1.807) is 0 Å². The summed E-state index contributed by atoms with van der Waals surface area (Å²) in [5.41, 5.74) is 13.7. The van der Waals surface area contributed by atoms with Gasteiger partial charge in [-0.15, -0.1) is 0 Å². The van der Waals surface area contributed by atoms with Gasteiger partial charge in [-0.2, -0.15) is 0 Å². The lowest BCUT2D eigenvalue weighted by Crippen LogP contribution is -1.95. The van der Waals surface area contributed by atoms with Crippen molar-refractivity contribution < 1.29 is 4.42 Å². The maximum absolute atomic E-state index is 6.60. The van der Waals surface area contributed by atoms with Crippen molar-refractivity contribution in [2.24, 2.45) is 0 Å². The molecule has 0 aliphatic rings. The van der Waals surface area contributed by atoms with Crippen molar-refractivity contribution in [3.63, 3.8) is 0 Å². The third kappa shape index (κ3) is 5.15. The summed E-state index contributed by atoms with van der Waals surface area (Å²) < 4.78 is 8.93. The first-order chi connectivity index (χ1) is 25.8. The van der Waals surface area contributed by atoms with Gasteiger partial charge in [-0.1, -0.05) is 84.9 Å². The van der Waals surface area contributed by atoms with Crippen molar-refractivity contribution in [2.75, 3.05) is 0 Å². The summed E-state index contributed by atoms with van der Waals surface area (Å²) in [6, 6.07) is 55.2. The molecule has 0 saturated carbocycles. The van der Waals surface area contributed by atoms with E-state index in [0.29, 0.717) is 0 Å². The zero-order valence-electron chi connectivity index (χ0n) is 28.0. The zero-order valence-corrected chi connectivity index (χ0v) is 28.0. The lowest BCUT2D eigenvalue weighted by atomic mass is 9.98. The van der Waals surface area contributed by atoms with Crippen LogP contribution in [-0.4, -0.2) is 19.5 Å². The number of hydrogen-bond acceptors (Lipinski definition) is 4. The van der Waals surface area contributed by atoms with Gasteiger partial charge in [-0.05, 0) is 95.1 Å². The highest BCUT2D eigenvalue weighted by Crippen LogP contribution is 2.40. The third-order valence-corrected chi connectivity index (χ3v) is 9.83. The minimum Gasteiger partial charge on any atom is -0.455 e. The van der Waals surface area contributed by atoms with Gasteiger partial charge in [-0.3, -0.25) is 9.97 Å². The van der Waals surface area contributed by atoms with E-state index in [1.807, 2.05) is 67.3 Å². The summed E-state index contributed by atoms with van der Waals surface area (Å²) in [7, 11) is 0. The number of nitrogens with zero attached hydrogens (tertiary/aromatic N) is 4. The van der Waals surface area contributed by atoms with E-state index < -0.39 is 0 Å². The van der Waals surface area contributed by atoms with Crippen LogP contribution in [0.3, 0.4) is 0 Å². The fourth-order valence-electron chi connectivity index (χ4n) is 7.27. The number of aromatic nitrogens is 4. The van der Waals surface area contributed by atoms with E-state index in [9.17, 15) is 0 Å². The van der Waals surface area contributed by atoms with Crippen LogP contribution in [0.5, 0.6) is 0 Å². The fraction of sp³-hybridized carbons (Fsp3) is 0. The summed E-state index contributed by atoms with van der Waals surface area (Å²) in [4.78, 5) is 13.6. The average molecular weight is 667 g/mol. The first-order valence-corrected chi connectivity index (χ1v) is 17.3. The maximum atomic E-state index is 6.60. The number of rotatable bonds is 6. The molecule has 0 radical (unpaired) electrons. The van der Waals surface area contributed by atoms with Crippen LogP contribution in [0.4, 0.5) is 0 Å². The Labute approximate surface area is 300 Å². The Morgan fingerprint density at radius 3 is 1.71 bits per heavy atom. The molecule has 0 saturated heterocycles. The summed E-state index contributed by atoms with van der Waals surface area (Å²) in [6.07, 6.45) is 7.27. The lowest BCUT2D eigenvalue weighted by Gasteiger charge is -2.12. The SMILES string of the molecule is c1ccc(-c2cc3ccc4c(c5ccccc5n4-c4ccc(-c5cc(-c6ccc(-c7ccncc7)cc6)cc(-c6ccncc6)n5)cc4)c3o2)cc1. The highest BCUT2D eigenvalue weighted by atomic mass is 16.3. The molecule has 10 rings (SSSR count). The van der Waals surface area contributed by atoms with Gasteiger partial charge in [0, 0.05) is 57.9 Å². The average Bonchev–Trinajstić information content (AvgIpc) is 3.82. The van der Waals surface area contributed by atoms with Gasteiger partial charge in [0.25, 0.3) is 0 Å². The molecule has 5 aromatic carbocycles. The highest BCUT2D eigenvalue weighted by molar-refractivity contribution is 6.20. The quantitative estimate of drug-likeness (QED) is 0.177. The number of furan rings is 1. The van der Waals surface area contributed by atoms with E-state index in [1.165, 1.54) is 0 Å². The van der Waals surface area contributed by atoms with Crippen LogP contribution in [0.1, 0.15) is 0 Å². The van der Waals surface area contributed by atoms with Crippen LogP contribution in [0.2, 0.25) is 0 Å². The molecule has 52 heavy (non-hydrogen) atoms. The fourth-order valence-corrected chi connectivity index (χ4v) is 7.27. The molecule has 10 aromatic rings. The molecule has 5 nitrogen and oxygen atoms in total. The Bertz CT molecular complexity index is 2860. The van der Waals surface area contributed by atoms with Crippen LogP contribution in [0, 0.1) is 0 Å². The lowest BCUT2D eigenvalue weighted by molar-refractivity contribution is 0.635. The second kappa shape index (κ2) is 12.3. The van der Waals surface area contributed by atoms with E-state index >= 15 is 0 Å². The summed E-state index contributed by atoms with van der Waals surface area (Å²) >= 11 is 0. The topological polar surface area (TPSA) is 56.7 Å². The minimum absolute atomic E-state index is 0.870. The highest BCUT2D eigenvalue weighted by Gasteiger charge is 2.18. The van der Waals surface area contributed by atoms with Crippen LogP contribution in [-0.2, 0) is 0 Å². The maximum Gasteiger partial charge on any atom is 0.144 e. The Hall–Kier alpha value is -7.11. The number of para-hydroxylation sites is 1. The number of hydrogen-bond donors (Lipinski definition) is 0. The van der Waals surface area contributed by atoms with Crippen molar-refractivity contribution in [1.29, 1.82) is 0 Å². The Balaban J connectivity index is 1.07. The summed E-state index contributed by atoms with van der Waals surface area (Å²) in [5.74, 6) is 0.870. The molecule has 0 amide bonds. The van der Waals surface area contributed by atoms with Gasteiger partial charge in [0.1, 0.15) is 11.3 Å². The van der Waals surface area contributed by atoms with Gasteiger partial charge < -0.3 is 8.98 Å². The van der Waals surface area contributed by atoms with E-state index in [-0.39, 0.29) is 0 Å². The van der Waals surface area contributed by atoms with Gasteiger partial charge in [0.2, 0.25) is 0 Å². The predicted molar refractivity (Wildman–Crippen MR) is 211 cm³/mol. The number of pyridine rings is 3. The monoisotopic (exact) mass is 666 g/mol. The molecule has 5 heterocycles. The third-order valence-electron chi connectivity index (χ3n) is 9.83. The van der Waals surface area contributed by atoms with E-state index in [2.05, 4.69) is 130 Å². The largest absolute Gasteiger partial charge is 0.455 e. The van der Waals surface area contributed by atoms with E-state index in [0.717, 1.165) is 94.6 Å². The van der Waals surface area contributed by atoms with Gasteiger partial charge in [0.15, 0.2) is 0 Å². The zero-order chi connectivity index (χ0) is 34.4.